The predicted octanol–water partition coefficient (Wildman–Crippen LogP) is 5.32. The molecule has 0 aliphatic carbocycles. The Hall–Kier alpha value is -3.37. The molecule has 0 aliphatic heterocycles. The first-order chi connectivity index (χ1) is 16.8. The Kier molecular flexibility index (Phi) is 9.27. The van der Waals surface area contributed by atoms with Crippen LogP contribution in [0.15, 0.2) is 68.6 Å². The second-order valence-electron chi connectivity index (χ2n) is 7.29. The van der Waals surface area contributed by atoms with Crippen molar-refractivity contribution in [3.8, 4) is 17.2 Å². The Labute approximate surface area is 219 Å². The summed E-state index contributed by atoms with van der Waals surface area (Å²) < 4.78 is 17.3. The molecule has 0 spiro atoms. The highest BCUT2D eigenvalue weighted by Gasteiger charge is 2.12. The quantitative estimate of drug-likeness (QED) is 0.254. The average molecular weight is 605 g/mol. The van der Waals surface area contributed by atoms with Crippen molar-refractivity contribution >= 4 is 55.6 Å². The van der Waals surface area contributed by atoms with Crippen LogP contribution in [0.25, 0.3) is 0 Å². The van der Waals surface area contributed by atoms with E-state index in [1.165, 1.54) is 20.4 Å². The van der Waals surface area contributed by atoms with Crippen molar-refractivity contribution in [2.75, 3.05) is 26.1 Å². The van der Waals surface area contributed by atoms with E-state index in [0.29, 0.717) is 43.0 Å². The number of ether oxygens (including phenoxy) is 3. The van der Waals surface area contributed by atoms with E-state index < -0.39 is 5.91 Å². The number of hydrogen-bond donors (Lipinski definition) is 2. The van der Waals surface area contributed by atoms with Crippen LogP contribution in [0.5, 0.6) is 17.2 Å². The van der Waals surface area contributed by atoms with E-state index in [1.54, 1.807) is 30.3 Å². The fourth-order valence-corrected chi connectivity index (χ4v) is 4.42. The van der Waals surface area contributed by atoms with Gasteiger partial charge < -0.3 is 19.5 Å². The molecule has 3 aromatic carbocycles. The lowest BCUT2D eigenvalue weighted by molar-refractivity contribution is -0.118. The minimum atomic E-state index is -0.403. The lowest BCUT2D eigenvalue weighted by Gasteiger charge is -2.11. The molecule has 35 heavy (non-hydrogen) atoms. The number of anilines is 1. The summed E-state index contributed by atoms with van der Waals surface area (Å²) in [5.74, 6) is 0.754. The number of halogens is 2. The van der Waals surface area contributed by atoms with Crippen molar-refractivity contribution in [1.82, 2.24) is 5.43 Å². The molecule has 3 rings (SSSR count). The van der Waals surface area contributed by atoms with Crippen LogP contribution in [0.1, 0.15) is 21.5 Å². The third-order valence-corrected chi connectivity index (χ3v) is 5.91. The van der Waals surface area contributed by atoms with Gasteiger partial charge in [0.05, 0.1) is 29.4 Å². The lowest BCUT2D eigenvalue weighted by Crippen LogP contribution is -2.20. The van der Waals surface area contributed by atoms with E-state index in [2.05, 4.69) is 47.7 Å². The second-order valence-corrected chi connectivity index (χ2v) is 8.99. The fourth-order valence-electron chi connectivity index (χ4n) is 2.97. The van der Waals surface area contributed by atoms with Crippen LogP contribution >= 0.6 is 31.9 Å². The molecule has 0 aromatic heterocycles. The molecule has 0 aliphatic rings. The third-order valence-electron chi connectivity index (χ3n) is 4.73. The minimum absolute atomic E-state index is 0.167. The molecule has 182 valence electrons. The molecule has 0 saturated heterocycles. The molecule has 0 heterocycles. The number of hydrazone groups is 1. The van der Waals surface area contributed by atoms with Gasteiger partial charge in [0.1, 0.15) is 5.75 Å². The normalized spacial score (nSPS) is 10.7. The Bertz CT molecular complexity index is 1220. The topological polar surface area (TPSA) is 98.3 Å². The predicted molar refractivity (Wildman–Crippen MR) is 142 cm³/mol. The van der Waals surface area contributed by atoms with Gasteiger partial charge in [-0.05, 0) is 86.8 Å². The highest BCUT2D eigenvalue weighted by atomic mass is 79.9. The largest absolute Gasteiger partial charge is 0.493 e. The van der Waals surface area contributed by atoms with Crippen molar-refractivity contribution in [1.29, 1.82) is 0 Å². The van der Waals surface area contributed by atoms with Gasteiger partial charge in [-0.25, -0.2) is 5.43 Å². The van der Waals surface area contributed by atoms with Gasteiger partial charge >= 0.3 is 0 Å². The van der Waals surface area contributed by atoms with Crippen LogP contribution < -0.4 is 25.0 Å². The summed E-state index contributed by atoms with van der Waals surface area (Å²) in [7, 11) is 3.02. The van der Waals surface area contributed by atoms with E-state index in [4.69, 9.17) is 14.2 Å². The highest BCUT2D eigenvalue weighted by molar-refractivity contribution is 9.11. The van der Waals surface area contributed by atoms with Crippen LogP contribution in [-0.2, 0) is 4.79 Å². The number of aryl methyl sites for hydroxylation is 1. The summed E-state index contributed by atoms with van der Waals surface area (Å²) in [4.78, 5) is 24.6. The van der Waals surface area contributed by atoms with Crippen LogP contribution in [0.4, 0.5) is 5.69 Å². The summed E-state index contributed by atoms with van der Waals surface area (Å²) in [6.07, 6.45) is 1.49. The molecule has 3 aromatic rings. The smallest absolute Gasteiger partial charge is 0.271 e. The summed E-state index contributed by atoms with van der Waals surface area (Å²) in [5.41, 5.74) is 5.34. The zero-order valence-corrected chi connectivity index (χ0v) is 22.4. The maximum absolute atomic E-state index is 12.4. The van der Waals surface area contributed by atoms with Crippen molar-refractivity contribution in [2.45, 2.75) is 6.92 Å². The summed E-state index contributed by atoms with van der Waals surface area (Å²) >= 11 is 6.90. The molecule has 0 saturated carbocycles. The molecular weight excluding hydrogens is 582 g/mol. The first-order valence-electron chi connectivity index (χ1n) is 10.3. The molecule has 0 radical (unpaired) electrons. The van der Waals surface area contributed by atoms with Gasteiger partial charge in [0.25, 0.3) is 11.8 Å². The fraction of sp³-hybridized carbons (Fsp3) is 0.160. The van der Waals surface area contributed by atoms with E-state index >= 15 is 0 Å². The standard InChI is InChI=1S/C25H23Br2N3O5/c1-15-4-7-18(8-5-15)29-23(31)14-35-24-19(26)10-16(11-20(24)27)13-28-30-25(32)17-6-9-21(33-2)22(12-17)34-3/h4-13H,14H2,1-3H3,(H,29,31)(H,30,32)/b28-13+. The number of nitrogens with one attached hydrogen (secondary N) is 2. The van der Waals surface area contributed by atoms with Crippen LogP contribution in [0.2, 0.25) is 0 Å². The summed E-state index contributed by atoms with van der Waals surface area (Å²) in [6.45, 7) is 1.81. The van der Waals surface area contributed by atoms with E-state index in [9.17, 15) is 9.59 Å². The summed E-state index contributed by atoms with van der Waals surface area (Å²) in [6, 6.07) is 15.8. The molecule has 0 unspecified atom stereocenters. The van der Waals surface area contributed by atoms with E-state index in [-0.39, 0.29) is 12.5 Å². The van der Waals surface area contributed by atoms with Gasteiger partial charge in [0, 0.05) is 11.3 Å². The van der Waals surface area contributed by atoms with Crippen LogP contribution in [0, 0.1) is 6.92 Å². The maximum Gasteiger partial charge on any atom is 0.271 e. The van der Waals surface area contributed by atoms with Gasteiger partial charge in [0.15, 0.2) is 18.1 Å². The number of benzene rings is 3. The monoisotopic (exact) mass is 603 g/mol. The zero-order chi connectivity index (χ0) is 25.4. The van der Waals surface area contributed by atoms with Gasteiger partial charge in [-0.2, -0.15) is 5.10 Å². The van der Waals surface area contributed by atoms with Crippen molar-refractivity contribution < 1.29 is 23.8 Å². The molecule has 8 nitrogen and oxygen atoms in total. The maximum atomic E-state index is 12.4. The first-order valence-corrected chi connectivity index (χ1v) is 11.9. The Morgan fingerprint density at radius 1 is 0.943 bits per heavy atom. The number of nitrogens with zero attached hydrogens (tertiary/aromatic N) is 1. The van der Waals surface area contributed by atoms with Gasteiger partial charge in [-0.1, -0.05) is 17.7 Å². The third kappa shape index (κ3) is 7.30. The number of rotatable bonds is 9. The van der Waals surface area contributed by atoms with Crippen LogP contribution in [-0.4, -0.2) is 38.9 Å². The number of hydrogen-bond acceptors (Lipinski definition) is 6. The van der Waals surface area contributed by atoms with Crippen LogP contribution in [0.3, 0.4) is 0 Å². The molecule has 0 fully saturated rings. The van der Waals surface area contributed by atoms with Gasteiger partial charge in [0.2, 0.25) is 0 Å². The SMILES string of the molecule is COc1ccc(C(=O)N/N=C/c2cc(Br)c(OCC(=O)Nc3ccc(C)cc3)c(Br)c2)cc1OC. The number of carbonyl (C=O) groups is 2. The Balaban J connectivity index is 1.59. The summed E-state index contributed by atoms with van der Waals surface area (Å²) in [5, 5.41) is 6.80. The highest BCUT2D eigenvalue weighted by Crippen LogP contribution is 2.34. The van der Waals surface area contributed by atoms with Crippen molar-refractivity contribution in [2.24, 2.45) is 5.10 Å². The molecule has 0 atom stereocenters. The van der Waals surface area contributed by atoms with Crippen molar-refractivity contribution in [3.05, 3.63) is 80.2 Å². The number of carbonyl (C=O) groups excluding carboxylic acids is 2. The van der Waals surface area contributed by atoms with E-state index in [0.717, 1.165) is 5.56 Å². The second kappa shape index (κ2) is 12.4. The molecule has 2 amide bonds. The Morgan fingerprint density at radius 3 is 2.23 bits per heavy atom. The van der Waals surface area contributed by atoms with Gasteiger partial charge in [-0.15, -0.1) is 0 Å². The molecule has 10 heteroatoms. The average Bonchev–Trinajstić information content (AvgIpc) is 2.84. The van der Waals surface area contributed by atoms with Crippen molar-refractivity contribution in [3.63, 3.8) is 0 Å². The minimum Gasteiger partial charge on any atom is -0.493 e. The molecule has 0 bridgehead atoms. The molecular formula is C25H23Br2N3O5. The number of methoxy groups -OCH3 is 2. The van der Waals surface area contributed by atoms with E-state index in [1.807, 2.05) is 31.2 Å². The molecule has 2 N–H and O–H groups in total. The first kappa shape index (κ1) is 26.2. The zero-order valence-electron chi connectivity index (χ0n) is 19.2. The number of amides is 2. The van der Waals surface area contributed by atoms with Gasteiger partial charge in [-0.3, -0.25) is 9.59 Å². The Morgan fingerprint density at radius 2 is 1.60 bits per heavy atom. The lowest BCUT2D eigenvalue weighted by atomic mass is 10.2.